The molecule has 96 valence electrons. The van der Waals surface area contributed by atoms with E-state index in [9.17, 15) is 5.11 Å². The van der Waals surface area contributed by atoms with Crippen LogP contribution < -0.4 is 9.47 Å². The average molecular weight is 248 g/mol. The molecule has 0 spiro atoms. The van der Waals surface area contributed by atoms with Crippen LogP contribution in [0, 0.1) is 0 Å². The van der Waals surface area contributed by atoms with Gasteiger partial charge in [0.25, 0.3) is 0 Å². The van der Waals surface area contributed by atoms with Crippen LogP contribution in [0.4, 0.5) is 0 Å². The number of aliphatic hydroxyl groups is 1. The molecule has 1 aromatic carbocycles. The number of nitrogens with zero attached hydrogens (tertiary/aromatic N) is 2. The quantitative estimate of drug-likeness (QED) is 0.841. The van der Waals surface area contributed by atoms with Crippen LogP contribution in [0.2, 0.25) is 0 Å². The Labute approximate surface area is 106 Å². The monoisotopic (exact) mass is 248 g/mol. The number of para-hydroxylation sites is 1. The van der Waals surface area contributed by atoms with Crippen LogP contribution >= 0.6 is 0 Å². The summed E-state index contributed by atoms with van der Waals surface area (Å²) in [5.41, 5.74) is 0.722. The molecule has 5 heteroatoms. The first-order chi connectivity index (χ1) is 8.85. The number of hydrogen-bond donors (Lipinski definition) is 1. The van der Waals surface area contributed by atoms with E-state index in [2.05, 4.69) is 4.98 Å². The van der Waals surface area contributed by atoms with E-state index in [-0.39, 0.29) is 6.61 Å². The number of imidazole rings is 1. The third kappa shape index (κ3) is 2.81. The van der Waals surface area contributed by atoms with Crippen molar-refractivity contribution >= 4 is 0 Å². The summed E-state index contributed by atoms with van der Waals surface area (Å²) in [7, 11) is 1.58. The summed E-state index contributed by atoms with van der Waals surface area (Å²) in [6, 6.07) is 5.45. The fourth-order valence-electron chi connectivity index (χ4n) is 1.68. The van der Waals surface area contributed by atoms with Crippen LogP contribution in [-0.2, 0) is 13.2 Å². The average Bonchev–Trinajstić information content (AvgIpc) is 2.92. The molecule has 1 heterocycles. The van der Waals surface area contributed by atoms with Crippen LogP contribution in [0.1, 0.15) is 5.56 Å². The predicted molar refractivity (Wildman–Crippen MR) is 66.6 cm³/mol. The second kappa shape index (κ2) is 6.07. The van der Waals surface area contributed by atoms with E-state index in [0.29, 0.717) is 24.7 Å². The normalized spacial score (nSPS) is 10.3. The van der Waals surface area contributed by atoms with Crippen LogP contribution in [0.3, 0.4) is 0 Å². The van der Waals surface area contributed by atoms with Crippen molar-refractivity contribution in [2.24, 2.45) is 0 Å². The Morgan fingerprint density at radius 1 is 1.39 bits per heavy atom. The van der Waals surface area contributed by atoms with Crippen molar-refractivity contribution in [3.05, 3.63) is 42.5 Å². The lowest BCUT2D eigenvalue weighted by Crippen LogP contribution is -2.08. The molecule has 0 aliphatic heterocycles. The fraction of sp³-hybridized carbons (Fsp3) is 0.308. The van der Waals surface area contributed by atoms with Gasteiger partial charge in [0.05, 0.1) is 26.6 Å². The van der Waals surface area contributed by atoms with Crippen molar-refractivity contribution in [1.29, 1.82) is 0 Å². The van der Waals surface area contributed by atoms with Gasteiger partial charge in [-0.15, -0.1) is 0 Å². The number of rotatable bonds is 6. The Kier molecular flexibility index (Phi) is 4.20. The zero-order chi connectivity index (χ0) is 12.8. The molecule has 18 heavy (non-hydrogen) atoms. The molecular formula is C13H16N2O3. The number of ether oxygens (including phenoxy) is 2. The molecule has 0 radical (unpaired) electrons. The zero-order valence-corrected chi connectivity index (χ0v) is 10.2. The largest absolute Gasteiger partial charge is 0.493 e. The summed E-state index contributed by atoms with van der Waals surface area (Å²) in [5, 5.41) is 9.27. The molecule has 1 N–H and O–H groups in total. The van der Waals surface area contributed by atoms with E-state index in [0.717, 1.165) is 5.56 Å². The number of aromatic nitrogens is 2. The van der Waals surface area contributed by atoms with Crippen molar-refractivity contribution in [3.8, 4) is 11.5 Å². The molecule has 0 aliphatic carbocycles. The highest BCUT2D eigenvalue weighted by atomic mass is 16.5. The van der Waals surface area contributed by atoms with Crippen LogP contribution in [-0.4, -0.2) is 28.4 Å². The molecule has 0 saturated carbocycles. The lowest BCUT2D eigenvalue weighted by atomic mass is 10.2. The van der Waals surface area contributed by atoms with Crippen molar-refractivity contribution < 1.29 is 14.6 Å². The molecule has 2 aromatic rings. The lowest BCUT2D eigenvalue weighted by Gasteiger charge is -2.14. The maximum atomic E-state index is 9.27. The summed E-state index contributed by atoms with van der Waals surface area (Å²) >= 11 is 0. The molecule has 1 aromatic heterocycles. The summed E-state index contributed by atoms with van der Waals surface area (Å²) in [6.45, 7) is 1.12. The Morgan fingerprint density at radius 3 is 2.94 bits per heavy atom. The number of methoxy groups -OCH3 is 1. The zero-order valence-electron chi connectivity index (χ0n) is 10.2. The molecule has 0 atom stereocenters. The summed E-state index contributed by atoms with van der Waals surface area (Å²) in [4.78, 5) is 3.96. The van der Waals surface area contributed by atoms with Gasteiger partial charge in [-0.05, 0) is 6.07 Å². The van der Waals surface area contributed by atoms with Crippen molar-refractivity contribution in [2.75, 3.05) is 13.7 Å². The summed E-state index contributed by atoms with van der Waals surface area (Å²) < 4.78 is 12.8. The standard InChI is InChI=1S/C13H16N2O3/c1-17-12-4-2-3-11(9-16)13(12)18-8-7-15-6-5-14-10-15/h2-6,10,16H,7-9H2,1H3. The van der Waals surface area contributed by atoms with Crippen LogP contribution in [0.25, 0.3) is 0 Å². The summed E-state index contributed by atoms with van der Waals surface area (Å²) in [5.74, 6) is 1.23. The van der Waals surface area contributed by atoms with Crippen LogP contribution in [0.15, 0.2) is 36.9 Å². The highest BCUT2D eigenvalue weighted by Gasteiger charge is 2.09. The first-order valence-corrected chi connectivity index (χ1v) is 5.70. The number of hydrogen-bond acceptors (Lipinski definition) is 4. The smallest absolute Gasteiger partial charge is 0.166 e. The second-order valence-corrected chi connectivity index (χ2v) is 3.76. The molecule has 5 nitrogen and oxygen atoms in total. The third-order valence-corrected chi connectivity index (χ3v) is 2.61. The maximum absolute atomic E-state index is 9.27. The third-order valence-electron chi connectivity index (χ3n) is 2.61. The molecule has 0 fully saturated rings. The van der Waals surface area contributed by atoms with Crippen LogP contribution in [0.5, 0.6) is 11.5 Å². The van der Waals surface area contributed by atoms with Gasteiger partial charge in [0.15, 0.2) is 11.5 Å². The van der Waals surface area contributed by atoms with Crippen molar-refractivity contribution in [2.45, 2.75) is 13.2 Å². The van der Waals surface area contributed by atoms with Crippen molar-refractivity contribution in [3.63, 3.8) is 0 Å². The number of aliphatic hydroxyl groups excluding tert-OH is 1. The molecular weight excluding hydrogens is 232 g/mol. The van der Waals surface area contributed by atoms with Gasteiger partial charge < -0.3 is 19.1 Å². The number of benzene rings is 1. The lowest BCUT2D eigenvalue weighted by molar-refractivity contribution is 0.249. The first-order valence-electron chi connectivity index (χ1n) is 5.70. The van der Waals surface area contributed by atoms with Crippen molar-refractivity contribution in [1.82, 2.24) is 9.55 Å². The maximum Gasteiger partial charge on any atom is 0.166 e. The van der Waals surface area contributed by atoms with E-state index in [1.165, 1.54) is 0 Å². The highest BCUT2D eigenvalue weighted by molar-refractivity contribution is 5.46. The van der Waals surface area contributed by atoms with Gasteiger partial charge in [-0.25, -0.2) is 4.98 Å². The molecule has 0 bridgehead atoms. The van der Waals surface area contributed by atoms with Gasteiger partial charge in [-0.1, -0.05) is 12.1 Å². The van der Waals surface area contributed by atoms with Gasteiger partial charge in [0, 0.05) is 18.0 Å². The minimum Gasteiger partial charge on any atom is -0.493 e. The Balaban J connectivity index is 2.03. The minimum atomic E-state index is -0.0718. The van der Waals surface area contributed by atoms with E-state index >= 15 is 0 Å². The topological polar surface area (TPSA) is 56.5 Å². The molecule has 2 rings (SSSR count). The van der Waals surface area contributed by atoms with Gasteiger partial charge in [0.2, 0.25) is 0 Å². The van der Waals surface area contributed by atoms with E-state index in [4.69, 9.17) is 9.47 Å². The highest BCUT2D eigenvalue weighted by Crippen LogP contribution is 2.30. The van der Waals surface area contributed by atoms with Gasteiger partial charge in [-0.2, -0.15) is 0 Å². The van der Waals surface area contributed by atoms with E-state index in [1.54, 1.807) is 19.6 Å². The molecule has 0 saturated heterocycles. The molecule has 0 unspecified atom stereocenters. The molecule has 0 amide bonds. The van der Waals surface area contributed by atoms with E-state index in [1.807, 2.05) is 29.0 Å². The molecule has 0 aliphatic rings. The van der Waals surface area contributed by atoms with Gasteiger partial charge in [-0.3, -0.25) is 0 Å². The minimum absolute atomic E-state index is 0.0718. The Bertz CT molecular complexity index is 461. The van der Waals surface area contributed by atoms with Gasteiger partial charge in [0.1, 0.15) is 6.61 Å². The first kappa shape index (κ1) is 12.4. The fourth-order valence-corrected chi connectivity index (χ4v) is 1.68. The SMILES string of the molecule is COc1cccc(CO)c1OCCn1ccnc1. The van der Waals surface area contributed by atoms with Gasteiger partial charge >= 0.3 is 0 Å². The Hall–Kier alpha value is -2.01. The summed E-state index contributed by atoms with van der Waals surface area (Å²) in [6.07, 6.45) is 5.33. The predicted octanol–water partition coefficient (Wildman–Crippen LogP) is 1.46. The Morgan fingerprint density at radius 2 is 2.28 bits per heavy atom. The van der Waals surface area contributed by atoms with E-state index < -0.39 is 0 Å². The second-order valence-electron chi connectivity index (χ2n) is 3.76.